The minimum absolute atomic E-state index is 0.198. The largest absolute Gasteiger partial charge is 0.281 e. The molecule has 3 nitrogen and oxygen atoms in total. The number of hydrogen-bond donors (Lipinski definition) is 0. The number of rotatable bonds is 6. The first-order valence-corrected chi connectivity index (χ1v) is 6.58. The van der Waals surface area contributed by atoms with Crippen LogP contribution < -0.4 is 0 Å². The first-order chi connectivity index (χ1) is 7.77. The highest BCUT2D eigenvalue weighted by atomic mass is 35.5. The molecule has 96 valence electrons. The number of halogens is 1. The number of carbonyl (C=O) groups is 1. The van der Waals surface area contributed by atoms with Gasteiger partial charge in [-0.2, -0.15) is 0 Å². The average Bonchev–Trinajstić information content (AvgIpc) is 2.31. The third-order valence-corrected chi connectivity index (χ3v) is 2.45. The molecule has 0 saturated carbocycles. The van der Waals surface area contributed by atoms with Crippen LogP contribution in [0.25, 0.3) is 0 Å². The Hall–Kier alpha value is -0.120. The molecule has 0 radical (unpaired) electrons. The van der Waals surface area contributed by atoms with E-state index in [1.54, 1.807) is 0 Å². The van der Waals surface area contributed by atoms with Crippen LogP contribution in [0.15, 0.2) is 0 Å². The molecule has 0 N–H and O–H groups in total. The molecule has 0 aromatic rings. The van der Waals surface area contributed by atoms with Crippen LogP contribution in [-0.2, 0) is 14.6 Å². The Balaban J connectivity index is 0.000000315. The van der Waals surface area contributed by atoms with Gasteiger partial charge in [-0.3, -0.25) is 4.79 Å². The van der Waals surface area contributed by atoms with E-state index in [0.717, 1.165) is 38.9 Å². The summed E-state index contributed by atoms with van der Waals surface area (Å²) >= 11 is 5.15. The normalized spacial score (nSPS) is 15.1. The van der Waals surface area contributed by atoms with Crippen LogP contribution in [0.1, 0.15) is 58.3 Å². The summed E-state index contributed by atoms with van der Waals surface area (Å²) in [6.07, 6.45) is 8.71. The van der Waals surface area contributed by atoms with E-state index in [9.17, 15) is 4.79 Å². The lowest BCUT2D eigenvalue weighted by atomic mass is 10.1. The molecule has 1 saturated heterocycles. The van der Waals surface area contributed by atoms with Crippen molar-refractivity contribution in [2.24, 2.45) is 0 Å². The van der Waals surface area contributed by atoms with Crippen molar-refractivity contribution >= 4 is 16.8 Å². The van der Waals surface area contributed by atoms with Gasteiger partial charge in [-0.1, -0.05) is 32.6 Å². The van der Waals surface area contributed by atoms with Crippen LogP contribution in [-0.4, -0.2) is 18.5 Å². The second-order valence-corrected chi connectivity index (χ2v) is 4.29. The van der Waals surface area contributed by atoms with E-state index in [0.29, 0.717) is 6.42 Å². The minimum Gasteiger partial charge on any atom is -0.281 e. The van der Waals surface area contributed by atoms with Crippen LogP contribution in [0.2, 0.25) is 0 Å². The van der Waals surface area contributed by atoms with Gasteiger partial charge in [0, 0.05) is 6.42 Å². The maximum absolute atomic E-state index is 10.2. The second-order valence-electron chi connectivity index (χ2n) is 3.87. The van der Waals surface area contributed by atoms with Gasteiger partial charge in [-0.15, -0.1) is 0 Å². The van der Waals surface area contributed by atoms with Crippen LogP contribution in [0.5, 0.6) is 0 Å². The molecule has 0 spiro atoms. The molecular formula is C12H23ClO3. The van der Waals surface area contributed by atoms with E-state index in [2.05, 4.69) is 16.7 Å². The van der Waals surface area contributed by atoms with E-state index >= 15 is 0 Å². The van der Waals surface area contributed by atoms with Gasteiger partial charge in [0.25, 0.3) is 0 Å². The summed E-state index contributed by atoms with van der Waals surface area (Å²) in [6.45, 7) is 3.73. The van der Waals surface area contributed by atoms with Crippen molar-refractivity contribution in [2.75, 3.05) is 13.2 Å². The van der Waals surface area contributed by atoms with Gasteiger partial charge in [0.15, 0.2) is 0 Å². The summed E-state index contributed by atoms with van der Waals surface area (Å²) in [5.41, 5.74) is 0. The van der Waals surface area contributed by atoms with Gasteiger partial charge in [0.1, 0.15) is 0 Å². The molecule has 0 aromatic heterocycles. The lowest BCUT2D eigenvalue weighted by molar-refractivity contribution is -0.312. The lowest BCUT2D eigenvalue weighted by Gasteiger charge is -2.07. The quantitative estimate of drug-likeness (QED) is 0.408. The maximum atomic E-state index is 10.2. The Labute approximate surface area is 103 Å². The topological polar surface area (TPSA) is 35.5 Å². The van der Waals surface area contributed by atoms with E-state index in [4.69, 9.17) is 11.6 Å². The van der Waals surface area contributed by atoms with Crippen LogP contribution in [0.3, 0.4) is 0 Å². The Morgan fingerprint density at radius 1 is 1.06 bits per heavy atom. The van der Waals surface area contributed by atoms with E-state index in [1.807, 2.05) is 0 Å². The predicted molar refractivity (Wildman–Crippen MR) is 65.4 cm³/mol. The van der Waals surface area contributed by atoms with Crippen LogP contribution in [0, 0.1) is 0 Å². The van der Waals surface area contributed by atoms with Crippen molar-refractivity contribution < 1.29 is 14.6 Å². The Morgan fingerprint density at radius 2 is 1.62 bits per heavy atom. The molecule has 4 heteroatoms. The van der Waals surface area contributed by atoms with Gasteiger partial charge in [0.05, 0.1) is 13.2 Å². The average molecular weight is 251 g/mol. The van der Waals surface area contributed by atoms with E-state index in [1.165, 1.54) is 19.3 Å². The number of carbonyl (C=O) groups excluding carboxylic acids is 1. The molecule has 1 fully saturated rings. The summed E-state index contributed by atoms with van der Waals surface area (Å²) in [5.74, 6) is 0. The van der Waals surface area contributed by atoms with E-state index < -0.39 is 0 Å². The first-order valence-electron chi connectivity index (χ1n) is 6.20. The lowest BCUT2D eigenvalue weighted by Crippen LogP contribution is -2.05. The smallest absolute Gasteiger partial charge is 0.221 e. The molecule has 0 amide bonds. The van der Waals surface area contributed by atoms with Crippen LogP contribution >= 0.6 is 11.6 Å². The zero-order chi connectivity index (χ0) is 12.1. The van der Waals surface area contributed by atoms with Gasteiger partial charge in [-0.05, 0) is 30.9 Å². The monoisotopic (exact) mass is 250 g/mol. The number of unbranched alkanes of at least 4 members (excludes halogenated alkanes) is 4. The third-order valence-electron chi connectivity index (χ3n) is 2.27. The molecule has 1 aliphatic heterocycles. The standard InChI is InChI=1S/C8H15ClO.C4H8O2/c1-2-3-4-5-6-7-8(9)10;1-2-4-6-5-3-1/h2-7H2,1H3;1-4H2. The van der Waals surface area contributed by atoms with E-state index in [-0.39, 0.29) is 5.24 Å². The Kier molecular flexibility index (Phi) is 12.9. The summed E-state index contributed by atoms with van der Waals surface area (Å²) in [6, 6.07) is 0. The zero-order valence-corrected chi connectivity index (χ0v) is 10.9. The summed E-state index contributed by atoms with van der Waals surface area (Å²) in [5, 5.41) is -0.198. The van der Waals surface area contributed by atoms with Gasteiger partial charge >= 0.3 is 0 Å². The zero-order valence-electron chi connectivity index (χ0n) is 10.2. The van der Waals surface area contributed by atoms with Crippen LogP contribution in [0.4, 0.5) is 0 Å². The summed E-state index contributed by atoms with van der Waals surface area (Å²) < 4.78 is 0. The summed E-state index contributed by atoms with van der Waals surface area (Å²) in [7, 11) is 0. The van der Waals surface area contributed by atoms with Crippen molar-refractivity contribution in [3.63, 3.8) is 0 Å². The number of hydrogen-bond acceptors (Lipinski definition) is 3. The molecular weight excluding hydrogens is 228 g/mol. The molecule has 16 heavy (non-hydrogen) atoms. The molecule has 1 aliphatic rings. The first kappa shape index (κ1) is 15.9. The maximum Gasteiger partial charge on any atom is 0.221 e. The summed E-state index contributed by atoms with van der Waals surface area (Å²) in [4.78, 5) is 19.4. The minimum atomic E-state index is -0.198. The van der Waals surface area contributed by atoms with Crippen molar-refractivity contribution in [2.45, 2.75) is 58.3 Å². The van der Waals surface area contributed by atoms with Crippen molar-refractivity contribution in [1.82, 2.24) is 0 Å². The van der Waals surface area contributed by atoms with Crippen molar-refractivity contribution in [1.29, 1.82) is 0 Å². The third kappa shape index (κ3) is 13.9. The van der Waals surface area contributed by atoms with Crippen molar-refractivity contribution in [3.8, 4) is 0 Å². The molecule has 1 heterocycles. The molecule has 0 bridgehead atoms. The van der Waals surface area contributed by atoms with Gasteiger partial charge < -0.3 is 0 Å². The molecule has 0 unspecified atom stereocenters. The molecule has 0 atom stereocenters. The second kappa shape index (κ2) is 12.9. The fraction of sp³-hybridized carbons (Fsp3) is 0.917. The van der Waals surface area contributed by atoms with Gasteiger partial charge in [0.2, 0.25) is 5.24 Å². The Bertz CT molecular complexity index is 147. The highest BCUT2D eigenvalue weighted by molar-refractivity contribution is 6.63. The SMILES string of the molecule is C1CCOOC1.CCCCCCCC(=O)Cl. The fourth-order valence-corrected chi connectivity index (χ4v) is 1.44. The predicted octanol–water partition coefficient (Wildman–Crippen LogP) is 3.84. The Morgan fingerprint density at radius 3 is 2.00 bits per heavy atom. The molecule has 0 aliphatic carbocycles. The highest BCUT2D eigenvalue weighted by Crippen LogP contribution is 2.05. The highest BCUT2D eigenvalue weighted by Gasteiger charge is 1.96. The van der Waals surface area contributed by atoms with Crippen molar-refractivity contribution in [3.05, 3.63) is 0 Å². The molecule has 0 aromatic carbocycles. The van der Waals surface area contributed by atoms with Gasteiger partial charge in [-0.25, -0.2) is 9.78 Å². The fourth-order valence-electron chi connectivity index (χ4n) is 1.31. The molecule has 1 rings (SSSR count).